The van der Waals surface area contributed by atoms with Crippen LogP contribution in [0.3, 0.4) is 0 Å². The topological polar surface area (TPSA) is 64.9 Å². The van der Waals surface area contributed by atoms with Crippen LogP contribution in [0.4, 0.5) is 13.2 Å². The first-order valence-electron chi connectivity index (χ1n) is 4.03. The Morgan fingerprint density at radius 1 is 1.43 bits per heavy atom. The quantitative estimate of drug-likeness (QED) is 0.820. The molecule has 0 saturated carbocycles. The van der Waals surface area contributed by atoms with Crippen LogP contribution in [0.5, 0.6) is 0 Å². The maximum absolute atomic E-state index is 11.8. The number of hydrogen-bond acceptors (Lipinski definition) is 4. The third-order valence-electron chi connectivity index (χ3n) is 1.49. The van der Waals surface area contributed by atoms with E-state index >= 15 is 0 Å². The second-order valence-electron chi connectivity index (χ2n) is 2.94. The molecule has 0 fully saturated rings. The molecule has 1 heterocycles. The fourth-order valence-corrected chi connectivity index (χ4v) is 0.800. The summed E-state index contributed by atoms with van der Waals surface area (Å²) in [7, 11) is 0. The third kappa shape index (κ3) is 3.33. The molecule has 1 atom stereocenters. The molecular weight excluding hydrogens is 199 g/mol. The fourth-order valence-electron chi connectivity index (χ4n) is 0.800. The smallest absolute Gasteiger partial charge is 0.389 e. The van der Waals surface area contributed by atoms with Gasteiger partial charge in [-0.25, -0.2) is 0 Å². The minimum atomic E-state index is -4.21. The van der Waals surface area contributed by atoms with Gasteiger partial charge in [-0.1, -0.05) is 0 Å². The average molecular weight is 209 g/mol. The van der Waals surface area contributed by atoms with Crippen molar-refractivity contribution in [2.45, 2.75) is 32.0 Å². The van der Waals surface area contributed by atoms with Crippen molar-refractivity contribution < 1.29 is 17.6 Å². The fraction of sp³-hybridized carbons (Fsp3) is 0.714. The lowest BCUT2D eigenvalue weighted by Gasteiger charge is -2.02. The summed E-state index contributed by atoms with van der Waals surface area (Å²) in [5, 5.41) is 6.95. The van der Waals surface area contributed by atoms with Crippen molar-refractivity contribution >= 4 is 0 Å². The summed E-state index contributed by atoms with van der Waals surface area (Å²) < 4.78 is 40.3. The Labute approximate surface area is 78.3 Å². The average Bonchev–Trinajstić information content (AvgIpc) is 2.47. The van der Waals surface area contributed by atoms with Gasteiger partial charge in [-0.05, 0) is 6.92 Å². The van der Waals surface area contributed by atoms with E-state index in [1.165, 1.54) is 0 Å². The number of hydrogen-bond donors (Lipinski definition) is 1. The molecule has 0 aromatic carbocycles. The van der Waals surface area contributed by atoms with E-state index in [-0.39, 0.29) is 18.2 Å². The van der Waals surface area contributed by atoms with Crippen LogP contribution in [-0.2, 0) is 6.42 Å². The lowest BCUT2D eigenvalue weighted by atomic mass is 10.3. The first-order chi connectivity index (χ1) is 6.38. The van der Waals surface area contributed by atoms with Crippen molar-refractivity contribution in [3.05, 3.63) is 11.8 Å². The molecule has 0 bridgehead atoms. The van der Waals surface area contributed by atoms with Crippen molar-refractivity contribution in [1.29, 1.82) is 0 Å². The van der Waals surface area contributed by atoms with Crippen LogP contribution in [0.15, 0.2) is 4.42 Å². The largest absolute Gasteiger partial charge is 0.424 e. The third-order valence-corrected chi connectivity index (χ3v) is 1.49. The molecule has 7 heteroatoms. The zero-order chi connectivity index (χ0) is 10.8. The van der Waals surface area contributed by atoms with Crippen LogP contribution < -0.4 is 5.73 Å². The Bertz CT molecular complexity index is 295. The summed E-state index contributed by atoms with van der Waals surface area (Å²) in [4.78, 5) is 0. The van der Waals surface area contributed by atoms with Gasteiger partial charge < -0.3 is 10.2 Å². The number of aryl methyl sites for hydroxylation is 1. The van der Waals surface area contributed by atoms with Gasteiger partial charge in [0.2, 0.25) is 11.8 Å². The van der Waals surface area contributed by atoms with Crippen molar-refractivity contribution in [3.8, 4) is 0 Å². The zero-order valence-corrected chi connectivity index (χ0v) is 7.51. The number of aromatic nitrogens is 2. The highest BCUT2D eigenvalue weighted by Gasteiger charge is 2.27. The molecular formula is C7H10F3N3O. The van der Waals surface area contributed by atoms with Gasteiger partial charge in [0, 0.05) is 6.42 Å². The molecule has 0 aliphatic rings. The molecule has 14 heavy (non-hydrogen) atoms. The lowest BCUT2D eigenvalue weighted by Crippen LogP contribution is -2.08. The van der Waals surface area contributed by atoms with Crippen LogP contribution in [0.2, 0.25) is 0 Å². The van der Waals surface area contributed by atoms with Gasteiger partial charge in [0.25, 0.3) is 0 Å². The van der Waals surface area contributed by atoms with Crippen molar-refractivity contribution in [3.63, 3.8) is 0 Å². The number of rotatable bonds is 3. The van der Waals surface area contributed by atoms with E-state index in [1.54, 1.807) is 6.92 Å². The minimum absolute atomic E-state index is 0.0328. The van der Waals surface area contributed by atoms with E-state index in [0.29, 0.717) is 0 Å². The van der Waals surface area contributed by atoms with E-state index in [0.717, 1.165) is 0 Å². The first kappa shape index (κ1) is 11.0. The maximum atomic E-state index is 11.8. The second-order valence-corrected chi connectivity index (χ2v) is 2.94. The molecule has 1 aromatic heterocycles. The van der Waals surface area contributed by atoms with E-state index in [1.807, 2.05) is 0 Å². The lowest BCUT2D eigenvalue weighted by molar-refractivity contribution is -0.134. The molecule has 1 rings (SSSR count). The Balaban J connectivity index is 2.52. The van der Waals surface area contributed by atoms with Crippen LogP contribution in [-0.4, -0.2) is 16.4 Å². The van der Waals surface area contributed by atoms with E-state index in [9.17, 15) is 13.2 Å². The van der Waals surface area contributed by atoms with Gasteiger partial charge in [-0.2, -0.15) is 13.2 Å². The Kier molecular flexibility index (Phi) is 3.10. The van der Waals surface area contributed by atoms with Gasteiger partial charge in [0.05, 0.1) is 12.5 Å². The Morgan fingerprint density at radius 3 is 2.50 bits per heavy atom. The summed E-state index contributed by atoms with van der Waals surface area (Å²) in [6.45, 7) is 1.61. The zero-order valence-electron chi connectivity index (χ0n) is 7.51. The molecule has 1 aromatic rings. The summed E-state index contributed by atoms with van der Waals surface area (Å²) in [5.41, 5.74) is 5.39. The number of nitrogens with two attached hydrogens (primary N) is 1. The molecule has 4 nitrogen and oxygen atoms in total. The molecule has 2 N–H and O–H groups in total. The predicted molar refractivity (Wildman–Crippen MR) is 41.3 cm³/mol. The summed E-state index contributed by atoms with van der Waals surface area (Å²) in [6.07, 6.45) is -5.47. The summed E-state index contributed by atoms with van der Waals surface area (Å²) in [6, 6.07) is -0.456. The number of alkyl halides is 3. The van der Waals surface area contributed by atoms with E-state index in [2.05, 4.69) is 10.2 Å². The Morgan fingerprint density at radius 2 is 2.07 bits per heavy atom. The summed E-state index contributed by atoms with van der Waals surface area (Å²) in [5.74, 6) is 0.122. The molecule has 0 radical (unpaired) electrons. The molecule has 1 unspecified atom stereocenters. The van der Waals surface area contributed by atoms with Crippen LogP contribution in [0.25, 0.3) is 0 Å². The van der Waals surface area contributed by atoms with Gasteiger partial charge in [-0.15, -0.1) is 10.2 Å². The minimum Gasteiger partial charge on any atom is -0.424 e. The van der Waals surface area contributed by atoms with Crippen LogP contribution >= 0.6 is 0 Å². The van der Waals surface area contributed by atoms with E-state index < -0.39 is 18.6 Å². The van der Waals surface area contributed by atoms with Gasteiger partial charge in [0.15, 0.2) is 0 Å². The number of halogens is 3. The molecule has 0 spiro atoms. The SMILES string of the molecule is CC(N)c1nnc(CCC(F)(F)F)o1. The first-order valence-corrected chi connectivity index (χ1v) is 4.03. The highest BCUT2D eigenvalue weighted by molar-refractivity contribution is 4.86. The highest BCUT2D eigenvalue weighted by Crippen LogP contribution is 2.21. The molecule has 80 valence electrons. The van der Waals surface area contributed by atoms with Crippen molar-refractivity contribution in [2.24, 2.45) is 5.73 Å². The molecule has 0 aliphatic carbocycles. The van der Waals surface area contributed by atoms with Crippen molar-refractivity contribution in [1.82, 2.24) is 10.2 Å². The normalized spacial score (nSPS) is 14.4. The monoisotopic (exact) mass is 209 g/mol. The predicted octanol–water partition coefficient (Wildman–Crippen LogP) is 1.58. The molecule has 0 saturated heterocycles. The van der Waals surface area contributed by atoms with Gasteiger partial charge in [-0.3, -0.25) is 0 Å². The summed E-state index contributed by atoms with van der Waals surface area (Å²) >= 11 is 0. The van der Waals surface area contributed by atoms with Crippen LogP contribution in [0, 0.1) is 0 Å². The van der Waals surface area contributed by atoms with E-state index in [4.69, 9.17) is 10.2 Å². The standard InChI is InChI=1S/C7H10F3N3O/c1-4(11)6-13-12-5(14-6)2-3-7(8,9)10/h4H,2-3,11H2,1H3. The molecule has 0 amide bonds. The Hall–Kier alpha value is -1.11. The maximum Gasteiger partial charge on any atom is 0.389 e. The van der Waals surface area contributed by atoms with Gasteiger partial charge in [0.1, 0.15) is 0 Å². The second kappa shape index (κ2) is 3.95. The van der Waals surface area contributed by atoms with Crippen molar-refractivity contribution in [2.75, 3.05) is 0 Å². The number of nitrogens with zero attached hydrogens (tertiary/aromatic N) is 2. The molecule has 0 aliphatic heterocycles. The van der Waals surface area contributed by atoms with Gasteiger partial charge >= 0.3 is 6.18 Å². The highest BCUT2D eigenvalue weighted by atomic mass is 19.4. The van der Waals surface area contributed by atoms with Crippen LogP contribution in [0.1, 0.15) is 31.2 Å².